The molecule has 18 heavy (non-hydrogen) atoms. The molecule has 1 unspecified atom stereocenters. The van der Waals surface area contributed by atoms with Crippen LogP contribution in [0.4, 0.5) is 0 Å². The second kappa shape index (κ2) is 6.85. The first kappa shape index (κ1) is 15.1. The number of rotatable bonds is 6. The highest BCUT2D eigenvalue weighted by molar-refractivity contribution is 7.11. The number of carbonyl (C=O) groups is 1. The topological polar surface area (TPSA) is 48.4 Å². The lowest BCUT2D eigenvalue weighted by Gasteiger charge is -2.17. The number of aromatic nitrogens is 1. The van der Waals surface area contributed by atoms with Crippen molar-refractivity contribution >= 4 is 17.3 Å². The Morgan fingerprint density at radius 1 is 1.33 bits per heavy atom. The van der Waals surface area contributed by atoms with Gasteiger partial charge in [-0.05, 0) is 26.7 Å². The maximum Gasteiger partial charge on any atom is 0.358 e. The maximum atomic E-state index is 11.7. The van der Waals surface area contributed by atoms with Crippen molar-refractivity contribution in [2.45, 2.75) is 40.7 Å². The maximum absolute atomic E-state index is 11.7. The fourth-order valence-electron chi connectivity index (χ4n) is 1.66. The molecule has 0 aromatic carbocycles. The SMILES string of the molecule is CCOC(=O)c1nc(C(OCC)C(C)C)sc1C. The van der Waals surface area contributed by atoms with E-state index in [0.717, 1.165) is 9.88 Å². The summed E-state index contributed by atoms with van der Waals surface area (Å²) in [6.45, 7) is 10.8. The molecule has 102 valence electrons. The van der Waals surface area contributed by atoms with Gasteiger partial charge in [0, 0.05) is 11.5 Å². The molecule has 1 atom stereocenters. The van der Waals surface area contributed by atoms with E-state index in [1.807, 2.05) is 13.8 Å². The van der Waals surface area contributed by atoms with Crippen LogP contribution in [0.5, 0.6) is 0 Å². The lowest BCUT2D eigenvalue weighted by molar-refractivity contribution is 0.0289. The quantitative estimate of drug-likeness (QED) is 0.744. The van der Waals surface area contributed by atoms with Gasteiger partial charge in [-0.25, -0.2) is 9.78 Å². The summed E-state index contributed by atoms with van der Waals surface area (Å²) in [7, 11) is 0. The molecular weight excluding hydrogens is 250 g/mol. The van der Waals surface area contributed by atoms with Crippen molar-refractivity contribution in [3.63, 3.8) is 0 Å². The fourth-order valence-corrected chi connectivity index (χ4v) is 2.79. The second-order valence-electron chi connectivity index (χ2n) is 4.30. The molecule has 4 nitrogen and oxygen atoms in total. The minimum atomic E-state index is -0.350. The highest BCUT2D eigenvalue weighted by Gasteiger charge is 2.24. The summed E-state index contributed by atoms with van der Waals surface area (Å²) in [5.74, 6) is -0.0259. The zero-order valence-electron chi connectivity index (χ0n) is 11.6. The van der Waals surface area contributed by atoms with E-state index in [9.17, 15) is 4.79 Å². The van der Waals surface area contributed by atoms with E-state index < -0.39 is 0 Å². The monoisotopic (exact) mass is 271 g/mol. The lowest BCUT2D eigenvalue weighted by atomic mass is 10.1. The minimum absolute atomic E-state index is 0.0538. The molecular formula is C13H21NO3S. The van der Waals surface area contributed by atoms with Crippen LogP contribution in [0.15, 0.2) is 0 Å². The number of esters is 1. The van der Waals surface area contributed by atoms with Gasteiger partial charge in [0.15, 0.2) is 5.69 Å². The summed E-state index contributed by atoms with van der Waals surface area (Å²) < 4.78 is 10.7. The zero-order valence-corrected chi connectivity index (χ0v) is 12.5. The van der Waals surface area contributed by atoms with E-state index in [1.165, 1.54) is 11.3 Å². The van der Waals surface area contributed by atoms with Crippen molar-refractivity contribution in [2.24, 2.45) is 5.92 Å². The van der Waals surface area contributed by atoms with Gasteiger partial charge in [0.1, 0.15) is 11.1 Å². The van der Waals surface area contributed by atoms with Crippen LogP contribution in [-0.4, -0.2) is 24.2 Å². The molecule has 0 amide bonds. The van der Waals surface area contributed by atoms with Crippen LogP contribution in [0.2, 0.25) is 0 Å². The van der Waals surface area contributed by atoms with Crippen molar-refractivity contribution in [1.82, 2.24) is 4.98 Å². The van der Waals surface area contributed by atoms with E-state index in [4.69, 9.17) is 9.47 Å². The number of nitrogens with zero attached hydrogens (tertiary/aromatic N) is 1. The largest absolute Gasteiger partial charge is 0.461 e. The van der Waals surface area contributed by atoms with Crippen molar-refractivity contribution in [3.8, 4) is 0 Å². The molecule has 0 aliphatic heterocycles. The van der Waals surface area contributed by atoms with Crippen LogP contribution in [0.3, 0.4) is 0 Å². The molecule has 0 N–H and O–H groups in total. The highest BCUT2D eigenvalue weighted by atomic mass is 32.1. The third-order valence-electron chi connectivity index (χ3n) is 2.48. The van der Waals surface area contributed by atoms with Crippen molar-refractivity contribution < 1.29 is 14.3 Å². The molecule has 0 saturated carbocycles. The highest BCUT2D eigenvalue weighted by Crippen LogP contribution is 2.31. The Morgan fingerprint density at radius 3 is 2.50 bits per heavy atom. The number of hydrogen-bond acceptors (Lipinski definition) is 5. The molecule has 5 heteroatoms. The average Bonchev–Trinajstić information content (AvgIpc) is 2.67. The molecule has 1 aromatic heterocycles. The molecule has 0 radical (unpaired) electrons. The van der Waals surface area contributed by atoms with Gasteiger partial charge in [0.25, 0.3) is 0 Å². The molecule has 1 heterocycles. The van der Waals surface area contributed by atoms with Gasteiger partial charge in [0.2, 0.25) is 0 Å². The standard InChI is InChI=1S/C13H21NO3S/c1-6-16-11(8(3)4)12-14-10(9(5)18-12)13(15)17-7-2/h8,11H,6-7H2,1-5H3. The van der Waals surface area contributed by atoms with Gasteiger partial charge in [-0.1, -0.05) is 13.8 Å². The molecule has 0 aliphatic rings. The summed E-state index contributed by atoms with van der Waals surface area (Å²) in [4.78, 5) is 17.0. The minimum Gasteiger partial charge on any atom is -0.461 e. The van der Waals surface area contributed by atoms with E-state index >= 15 is 0 Å². The van der Waals surface area contributed by atoms with Gasteiger partial charge in [-0.3, -0.25) is 0 Å². The predicted molar refractivity (Wildman–Crippen MR) is 72.0 cm³/mol. The van der Waals surface area contributed by atoms with Crippen LogP contribution in [0.1, 0.15) is 54.2 Å². The van der Waals surface area contributed by atoms with Gasteiger partial charge >= 0.3 is 5.97 Å². The van der Waals surface area contributed by atoms with Crippen molar-refractivity contribution in [3.05, 3.63) is 15.6 Å². The number of thiazole rings is 1. The van der Waals surface area contributed by atoms with E-state index in [-0.39, 0.29) is 12.1 Å². The Balaban J connectivity index is 2.97. The van der Waals surface area contributed by atoms with Gasteiger partial charge in [-0.15, -0.1) is 11.3 Å². The molecule has 0 fully saturated rings. The van der Waals surface area contributed by atoms with E-state index in [2.05, 4.69) is 18.8 Å². The summed E-state index contributed by atoms with van der Waals surface area (Å²) in [6, 6.07) is 0. The molecule has 0 bridgehead atoms. The third-order valence-corrected chi connectivity index (χ3v) is 3.51. The summed E-state index contributed by atoms with van der Waals surface area (Å²) in [6.07, 6.45) is -0.0538. The Hall–Kier alpha value is -0.940. The Labute approximate surface area is 112 Å². The second-order valence-corrected chi connectivity index (χ2v) is 5.53. The first-order valence-electron chi connectivity index (χ1n) is 6.27. The van der Waals surface area contributed by atoms with Gasteiger partial charge in [0.05, 0.1) is 6.61 Å². The number of hydrogen-bond donors (Lipinski definition) is 0. The number of aryl methyl sites for hydroxylation is 1. The van der Waals surface area contributed by atoms with Crippen LogP contribution in [-0.2, 0) is 9.47 Å². The average molecular weight is 271 g/mol. The zero-order chi connectivity index (χ0) is 13.7. The van der Waals surface area contributed by atoms with Gasteiger partial charge in [-0.2, -0.15) is 0 Å². The number of ether oxygens (including phenoxy) is 2. The van der Waals surface area contributed by atoms with Crippen LogP contribution in [0.25, 0.3) is 0 Å². The molecule has 1 aromatic rings. The molecule has 0 spiro atoms. The van der Waals surface area contributed by atoms with Gasteiger partial charge < -0.3 is 9.47 Å². The normalized spacial score (nSPS) is 12.8. The fraction of sp³-hybridized carbons (Fsp3) is 0.692. The van der Waals surface area contributed by atoms with Crippen LogP contribution < -0.4 is 0 Å². The van der Waals surface area contributed by atoms with E-state index in [1.54, 1.807) is 6.92 Å². The Morgan fingerprint density at radius 2 is 2.00 bits per heavy atom. The third kappa shape index (κ3) is 3.53. The Kier molecular flexibility index (Phi) is 5.75. The smallest absolute Gasteiger partial charge is 0.358 e. The van der Waals surface area contributed by atoms with Crippen molar-refractivity contribution in [1.29, 1.82) is 0 Å². The Bertz CT molecular complexity index is 401. The summed E-state index contributed by atoms with van der Waals surface area (Å²) >= 11 is 1.51. The summed E-state index contributed by atoms with van der Waals surface area (Å²) in [5.41, 5.74) is 0.419. The first-order chi connectivity index (χ1) is 8.51. The summed E-state index contributed by atoms with van der Waals surface area (Å²) in [5, 5.41) is 0.854. The van der Waals surface area contributed by atoms with E-state index in [0.29, 0.717) is 24.8 Å². The lowest BCUT2D eigenvalue weighted by Crippen LogP contribution is -2.12. The molecule has 0 aliphatic carbocycles. The molecule has 0 saturated heterocycles. The van der Waals surface area contributed by atoms with Crippen LogP contribution in [0, 0.1) is 12.8 Å². The first-order valence-corrected chi connectivity index (χ1v) is 7.08. The number of carbonyl (C=O) groups excluding carboxylic acids is 1. The van der Waals surface area contributed by atoms with Crippen LogP contribution >= 0.6 is 11.3 Å². The predicted octanol–water partition coefficient (Wildman–Crippen LogP) is 3.36. The van der Waals surface area contributed by atoms with Crippen molar-refractivity contribution in [2.75, 3.05) is 13.2 Å². The molecule has 1 rings (SSSR count).